The van der Waals surface area contributed by atoms with Crippen LogP contribution in [0.15, 0.2) is 24.5 Å². The summed E-state index contributed by atoms with van der Waals surface area (Å²) < 4.78 is 0. The summed E-state index contributed by atoms with van der Waals surface area (Å²) in [5.41, 5.74) is -0.0657. The largest absolute Gasteiger partial charge is 0.476 e. The smallest absolute Gasteiger partial charge is 0.355 e. The van der Waals surface area contributed by atoms with Crippen LogP contribution in [0, 0.1) is 10.1 Å². The molecule has 1 aromatic carbocycles. The van der Waals surface area contributed by atoms with Gasteiger partial charge in [-0.2, -0.15) is 0 Å². The first kappa shape index (κ1) is 9.97. The number of carboxylic acids is 1. The van der Waals surface area contributed by atoms with Gasteiger partial charge in [-0.1, -0.05) is 0 Å². The molecule has 0 unspecified atom stereocenters. The zero-order valence-electron chi connectivity index (χ0n) is 7.82. The van der Waals surface area contributed by atoms with Gasteiger partial charge < -0.3 is 5.11 Å². The molecule has 0 fully saturated rings. The van der Waals surface area contributed by atoms with E-state index in [0.717, 1.165) is 6.33 Å². The van der Waals surface area contributed by atoms with Crippen molar-refractivity contribution < 1.29 is 14.8 Å². The lowest BCUT2D eigenvalue weighted by atomic mass is 10.1. The molecule has 0 spiro atoms. The molecule has 0 aliphatic rings. The van der Waals surface area contributed by atoms with Crippen molar-refractivity contribution in [1.82, 2.24) is 9.97 Å². The third kappa shape index (κ3) is 1.54. The number of rotatable bonds is 2. The molecule has 0 aliphatic carbocycles. The number of benzene rings is 1. The number of aromatic carboxylic acids is 1. The highest BCUT2D eigenvalue weighted by atomic mass is 16.6. The molecule has 7 nitrogen and oxygen atoms in total. The Morgan fingerprint density at radius 1 is 1.38 bits per heavy atom. The van der Waals surface area contributed by atoms with Crippen molar-refractivity contribution in [2.45, 2.75) is 0 Å². The summed E-state index contributed by atoms with van der Waals surface area (Å²) in [5.74, 6) is -1.19. The number of carbonyl (C=O) groups is 1. The maximum Gasteiger partial charge on any atom is 0.355 e. The van der Waals surface area contributed by atoms with Gasteiger partial charge in [0.1, 0.15) is 6.33 Å². The number of carboxylic acid groups (broad SMARTS) is 1. The lowest BCUT2D eigenvalue weighted by Gasteiger charge is -1.99. The lowest BCUT2D eigenvalue weighted by molar-refractivity contribution is -0.384. The van der Waals surface area contributed by atoms with Crippen molar-refractivity contribution in [2.24, 2.45) is 0 Å². The van der Waals surface area contributed by atoms with Crippen molar-refractivity contribution in [3.8, 4) is 0 Å². The topological polar surface area (TPSA) is 106 Å². The Kier molecular flexibility index (Phi) is 2.20. The molecular weight excluding hydrogens is 214 g/mol. The fourth-order valence-electron chi connectivity index (χ4n) is 1.33. The average molecular weight is 219 g/mol. The average Bonchev–Trinajstić information content (AvgIpc) is 2.27. The zero-order chi connectivity index (χ0) is 11.7. The van der Waals surface area contributed by atoms with E-state index in [9.17, 15) is 14.9 Å². The molecule has 1 N–H and O–H groups in total. The third-order valence-corrected chi connectivity index (χ3v) is 2.03. The summed E-state index contributed by atoms with van der Waals surface area (Å²) >= 11 is 0. The van der Waals surface area contributed by atoms with Gasteiger partial charge in [-0.25, -0.2) is 14.8 Å². The summed E-state index contributed by atoms with van der Waals surface area (Å²) in [4.78, 5) is 28.1. The van der Waals surface area contributed by atoms with Crippen LogP contribution in [0.25, 0.3) is 10.9 Å². The van der Waals surface area contributed by atoms with Crippen molar-refractivity contribution in [2.75, 3.05) is 0 Å². The molecule has 2 rings (SSSR count). The van der Waals surface area contributed by atoms with Crippen LogP contribution >= 0.6 is 0 Å². The molecule has 16 heavy (non-hydrogen) atoms. The lowest BCUT2D eigenvalue weighted by Crippen LogP contribution is -2.02. The first-order valence-corrected chi connectivity index (χ1v) is 4.22. The predicted octanol–water partition coefficient (Wildman–Crippen LogP) is 1.24. The van der Waals surface area contributed by atoms with E-state index in [2.05, 4.69) is 9.97 Å². The number of aromatic nitrogens is 2. The highest BCUT2D eigenvalue weighted by Crippen LogP contribution is 2.20. The Hall–Kier alpha value is -2.57. The second-order valence-electron chi connectivity index (χ2n) is 2.99. The van der Waals surface area contributed by atoms with Crippen molar-refractivity contribution >= 4 is 22.6 Å². The summed E-state index contributed by atoms with van der Waals surface area (Å²) in [5, 5.41) is 19.6. The minimum atomic E-state index is -1.19. The van der Waals surface area contributed by atoms with Gasteiger partial charge in [0.15, 0.2) is 5.69 Å². The van der Waals surface area contributed by atoms with Crippen LogP contribution in [0.5, 0.6) is 0 Å². The van der Waals surface area contributed by atoms with E-state index >= 15 is 0 Å². The Morgan fingerprint density at radius 3 is 2.75 bits per heavy atom. The van der Waals surface area contributed by atoms with Gasteiger partial charge in [0, 0.05) is 17.5 Å². The van der Waals surface area contributed by atoms with Crippen molar-refractivity contribution in [3.05, 3.63) is 40.3 Å². The molecule has 0 saturated heterocycles. The van der Waals surface area contributed by atoms with E-state index in [-0.39, 0.29) is 22.3 Å². The number of non-ortho nitro benzene ring substituents is 1. The maximum absolute atomic E-state index is 10.8. The van der Waals surface area contributed by atoms with E-state index in [1.54, 1.807) is 0 Å². The molecule has 0 saturated carbocycles. The van der Waals surface area contributed by atoms with E-state index in [4.69, 9.17) is 5.11 Å². The summed E-state index contributed by atoms with van der Waals surface area (Å²) in [7, 11) is 0. The summed E-state index contributed by atoms with van der Waals surface area (Å²) in [6, 6.07) is 3.76. The zero-order valence-corrected chi connectivity index (χ0v) is 7.82. The first-order valence-electron chi connectivity index (χ1n) is 4.22. The van der Waals surface area contributed by atoms with Crippen LogP contribution in [0.2, 0.25) is 0 Å². The molecule has 0 bridgehead atoms. The highest BCUT2D eigenvalue weighted by Gasteiger charge is 2.13. The van der Waals surface area contributed by atoms with Gasteiger partial charge in [0.25, 0.3) is 5.69 Å². The standard InChI is InChI=1S/C9H5N3O4/c13-9(14)8-6-2-1-5(12(15)16)3-7(6)10-4-11-8/h1-4H,(H,13,14). The Labute approximate surface area is 88.5 Å². The van der Waals surface area contributed by atoms with Gasteiger partial charge in [-0.05, 0) is 6.07 Å². The first-order chi connectivity index (χ1) is 7.59. The van der Waals surface area contributed by atoms with E-state index < -0.39 is 10.9 Å². The number of nitro benzene ring substituents is 1. The van der Waals surface area contributed by atoms with Crippen LogP contribution in [-0.2, 0) is 0 Å². The fraction of sp³-hybridized carbons (Fsp3) is 0. The maximum atomic E-state index is 10.8. The molecule has 1 aromatic heterocycles. The summed E-state index contributed by atoms with van der Waals surface area (Å²) in [6.07, 6.45) is 1.06. The number of nitrogens with zero attached hydrogens (tertiary/aromatic N) is 3. The van der Waals surface area contributed by atoms with Crippen LogP contribution in [0.3, 0.4) is 0 Å². The molecular formula is C9H5N3O4. The minimum Gasteiger partial charge on any atom is -0.476 e. The Morgan fingerprint density at radius 2 is 2.12 bits per heavy atom. The molecule has 2 aromatic rings. The van der Waals surface area contributed by atoms with Crippen molar-refractivity contribution in [3.63, 3.8) is 0 Å². The minimum absolute atomic E-state index is 0.137. The molecule has 1 heterocycles. The predicted molar refractivity (Wildman–Crippen MR) is 53.2 cm³/mol. The number of nitro groups is 1. The van der Waals surface area contributed by atoms with Gasteiger partial charge in [-0.3, -0.25) is 10.1 Å². The Balaban J connectivity index is 2.73. The van der Waals surface area contributed by atoms with Crippen LogP contribution in [0.4, 0.5) is 5.69 Å². The monoisotopic (exact) mass is 219 g/mol. The van der Waals surface area contributed by atoms with Crippen LogP contribution < -0.4 is 0 Å². The molecule has 0 atom stereocenters. The fourth-order valence-corrected chi connectivity index (χ4v) is 1.33. The SMILES string of the molecule is O=C(O)c1ncnc2cc([N+](=O)[O-])ccc12. The van der Waals surface area contributed by atoms with E-state index in [0.29, 0.717) is 0 Å². The van der Waals surface area contributed by atoms with Crippen LogP contribution in [0.1, 0.15) is 10.5 Å². The second kappa shape index (κ2) is 3.54. The molecule has 7 heteroatoms. The van der Waals surface area contributed by atoms with Gasteiger partial charge in [0.2, 0.25) is 0 Å². The molecule has 0 amide bonds. The summed E-state index contributed by atoms with van der Waals surface area (Å²) in [6.45, 7) is 0. The Bertz CT molecular complexity index is 596. The van der Waals surface area contributed by atoms with E-state index in [1.807, 2.05) is 0 Å². The number of fused-ring (bicyclic) bond motifs is 1. The molecule has 0 radical (unpaired) electrons. The third-order valence-electron chi connectivity index (χ3n) is 2.03. The molecule has 80 valence electrons. The molecule has 0 aliphatic heterocycles. The normalized spacial score (nSPS) is 10.2. The quantitative estimate of drug-likeness (QED) is 0.601. The van der Waals surface area contributed by atoms with Crippen LogP contribution in [-0.4, -0.2) is 26.0 Å². The van der Waals surface area contributed by atoms with Gasteiger partial charge in [0.05, 0.1) is 10.4 Å². The second-order valence-corrected chi connectivity index (χ2v) is 2.99. The van der Waals surface area contributed by atoms with Crippen molar-refractivity contribution in [1.29, 1.82) is 0 Å². The van der Waals surface area contributed by atoms with Gasteiger partial charge in [-0.15, -0.1) is 0 Å². The highest BCUT2D eigenvalue weighted by molar-refractivity contribution is 6.00. The van der Waals surface area contributed by atoms with E-state index in [1.165, 1.54) is 18.2 Å². The van der Waals surface area contributed by atoms with Gasteiger partial charge >= 0.3 is 5.97 Å². The number of hydrogen-bond donors (Lipinski definition) is 1. The number of hydrogen-bond acceptors (Lipinski definition) is 5.